The number of esters is 1. The summed E-state index contributed by atoms with van der Waals surface area (Å²) in [5, 5.41) is 0. The molecule has 0 unspecified atom stereocenters. The average molecular weight is 482 g/mol. The molecule has 0 radical (unpaired) electrons. The van der Waals surface area contributed by atoms with E-state index in [-0.39, 0.29) is 17.7 Å². The largest absolute Gasteiger partial charge is 0.462 e. The van der Waals surface area contributed by atoms with Crippen molar-refractivity contribution in [1.82, 2.24) is 19.8 Å². The molecule has 188 valence electrons. The van der Waals surface area contributed by atoms with Gasteiger partial charge in [-0.15, -0.1) is 0 Å². The molecule has 2 aromatic rings. The summed E-state index contributed by atoms with van der Waals surface area (Å²) in [5.74, 6) is 0.929. The third-order valence-electron chi connectivity index (χ3n) is 7.10. The number of anilines is 1. The summed E-state index contributed by atoms with van der Waals surface area (Å²) >= 11 is 0. The molecule has 2 fully saturated rings. The number of H-pyrrole nitrogens is 1. The van der Waals surface area contributed by atoms with E-state index in [2.05, 4.69) is 14.9 Å². The number of aryl methyl sites for hydroxylation is 1. The van der Waals surface area contributed by atoms with Gasteiger partial charge in [0.15, 0.2) is 0 Å². The van der Waals surface area contributed by atoms with Crippen molar-refractivity contribution in [3.05, 3.63) is 46.9 Å². The van der Waals surface area contributed by atoms with Crippen LogP contribution in [0.2, 0.25) is 0 Å². The first-order valence-corrected chi connectivity index (χ1v) is 12.5. The zero-order chi connectivity index (χ0) is 24.9. The third-order valence-corrected chi connectivity index (χ3v) is 7.10. The van der Waals surface area contributed by atoms with Crippen molar-refractivity contribution in [1.29, 1.82) is 0 Å². The Hall–Kier alpha value is -3.36. The zero-order valence-electron chi connectivity index (χ0n) is 20.9. The van der Waals surface area contributed by atoms with E-state index in [9.17, 15) is 14.4 Å². The van der Waals surface area contributed by atoms with E-state index in [0.29, 0.717) is 61.7 Å². The number of hydrogen-bond donors (Lipinski definition) is 1. The predicted octanol–water partition coefficient (Wildman–Crippen LogP) is 2.79. The van der Waals surface area contributed by atoms with Gasteiger partial charge in [-0.25, -0.2) is 9.78 Å². The van der Waals surface area contributed by atoms with E-state index in [1.807, 2.05) is 28.0 Å². The summed E-state index contributed by atoms with van der Waals surface area (Å²) in [6, 6.07) is 5.89. The van der Waals surface area contributed by atoms with Gasteiger partial charge < -0.3 is 24.4 Å². The fraction of sp³-hybridized carbons (Fsp3) is 0.538. The minimum atomic E-state index is -0.407. The van der Waals surface area contributed by atoms with Crippen LogP contribution in [0.15, 0.2) is 24.4 Å². The van der Waals surface area contributed by atoms with Crippen molar-refractivity contribution in [3.63, 3.8) is 0 Å². The van der Waals surface area contributed by atoms with Gasteiger partial charge in [-0.2, -0.15) is 0 Å². The number of piperazine rings is 1. The number of aromatic nitrogens is 2. The fourth-order valence-corrected chi connectivity index (χ4v) is 5.07. The summed E-state index contributed by atoms with van der Waals surface area (Å²) in [5.41, 5.74) is 2.17. The van der Waals surface area contributed by atoms with Gasteiger partial charge in [0, 0.05) is 57.6 Å². The van der Waals surface area contributed by atoms with Gasteiger partial charge in [-0.3, -0.25) is 9.59 Å². The molecule has 2 saturated heterocycles. The average Bonchev–Trinajstić information content (AvgIpc) is 3.18. The van der Waals surface area contributed by atoms with Gasteiger partial charge in [0.1, 0.15) is 11.5 Å². The van der Waals surface area contributed by atoms with Crippen molar-refractivity contribution in [2.24, 2.45) is 5.92 Å². The predicted molar refractivity (Wildman–Crippen MR) is 132 cm³/mol. The molecule has 2 aliphatic heterocycles. The molecule has 2 aliphatic rings. The first kappa shape index (κ1) is 24.8. The first-order chi connectivity index (χ1) is 16.9. The normalized spacial score (nSPS) is 16.9. The van der Waals surface area contributed by atoms with Crippen molar-refractivity contribution in [3.8, 4) is 0 Å². The molecule has 9 heteroatoms. The quantitative estimate of drug-likeness (QED) is 0.637. The van der Waals surface area contributed by atoms with E-state index in [1.54, 1.807) is 27.0 Å². The summed E-state index contributed by atoms with van der Waals surface area (Å²) in [4.78, 5) is 51.8. The van der Waals surface area contributed by atoms with Gasteiger partial charge in [0.05, 0.1) is 12.2 Å². The molecule has 9 nitrogen and oxygen atoms in total. The number of amides is 2. The standard InChI is InChI=1S/C26H35N5O4/c1-4-35-26(34)23-18(2)24(28-19(23)3)25(33)31-11-8-20(9-12-31)17-22(32)30-15-13-29(14-16-30)21-7-5-6-10-27-21/h5-7,10,20,28H,4,8-9,11-17H2,1-3H3. The van der Waals surface area contributed by atoms with Gasteiger partial charge in [-0.05, 0) is 57.2 Å². The van der Waals surface area contributed by atoms with Crippen molar-refractivity contribution in [2.75, 3.05) is 50.8 Å². The SMILES string of the molecule is CCOC(=O)c1c(C)[nH]c(C(=O)N2CCC(CC(=O)N3CCN(c4ccccn4)CC3)CC2)c1C. The Bertz CT molecular complexity index is 1050. The molecular formula is C26H35N5O4. The summed E-state index contributed by atoms with van der Waals surface area (Å²) in [6.45, 7) is 9.83. The van der Waals surface area contributed by atoms with Crippen molar-refractivity contribution >= 4 is 23.6 Å². The molecule has 0 bridgehead atoms. The van der Waals surface area contributed by atoms with E-state index < -0.39 is 5.97 Å². The Labute approximate surface area is 206 Å². The third kappa shape index (κ3) is 5.49. The van der Waals surface area contributed by atoms with Crippen LogP contribution in [0.25, 0.3) is 0 Å². The summed E-state index contributed by atoms with van der Waals surface area (Å²) in [7, 11) is 0. The lowest BCUT2D eigenvalue weighted by Crippen LogP contribution is -2.49. The Morgan fingerprint density at radius 2 is 1.74 bits per heavy atom. The van der Waals surface area contributed by atoms with Crippen LogP contribution in [0.5, 0.6) is 0 Å². The second-order valence-electron chi connectivity index (χ2n) is 9.34. The summed E-state index contributed by atoms with van der Waals surface area (Å²) < 4.78 is 5.13. The molecule has 0 aromatic carbocycles. The van der Waals surface area contributed by atoms with Gasteiger partial charge in [0.25, 0.3) is 5.91 Å². The van der Waals surface area contributed by atoms with Gasteiger partial charge in [0.2, 0.25) is 5.91 Å². The second-order valence-corrected chi connectivity index (χ2v) is 9.34. The number of carbonyl (C=O) groups is 3. The number of likely N-dealkylation sites (tertiary alicyclic amines) is 1. The molecule has 0 spiro atoms. The molecule has 1 N–H and O–H groups in total. The van der Waals surface area contributed by atoms with Crippen LogP contribution in [0.1, 0.15) is 58.3 Å². The highest BCUT2D eigenvalue weighted by Gasteiger charge is 2.30. The first-order valence-electron chi connectivity index (χ1n) is 12.5. The second kappa shape index (κ2) is 10.9. The van der Waals surface area contributed by atoms with Crippen LogP contribution in [-0.2, 0) is 9.53 Å². The molecular weight excluding hydrogens is 446 g/mol. The fourth-order valence-electron chi connectivity index (χ4n) is 5.07. The lowest BCUT2D eigenvalue weighted by atomic mass is 9.92. The number of aromatic amines is 1. The molecule has 2 amide bonds. The lowest BCUT2D eigenvalue weighted by molar-refractivity contribution is -0.132. The number of nitrogens with zero attached hydrogens (tertiary/aromatic N) is 4. The van der Waals surface area contributed by atoms with Crippen LogP contribution >= 0.6 is 0 Å². The van der Waals surface area contributed by atoms with E-state index in [1.165, 1.54) is 0 Å². The van der Waals surface area contributed by atoms with E-state index in [4.69, 9.17) is 4.74 Å². The molecule has 4 rings (SSSR count). The van der Waals surface area contributed by atoms with Crippen molar-refractivity contribution < 1.29 is 19.1 Å². The maximum absolute atomic E-state index is 13.1. The summed E-state index contributed by atoms with van der Waals surface area (Å²) in [6.07, 6.45) is 3.92. The zero-order valence-corrected chi connectivity index (χ0v) is 20.9. The van der Waals surface area contributed by atoms with E-state index in [0.717, 1.165) is 31.7 Å². The van der Waals surface area contributed by atoms with Crippen LogP contribution in [0, 0.1) is 19.8 Å². The van der Waals surface area contributed by atoms with Crippen LogP contribution in [0.3, 0.4) is 0 Å². The number of nitrogens with one attached hydrogen (secondary N) is 1. The maximum Gasteiger partial charge on any atom is 0.340 e. The Morgan fingerprint density at radius 1 is 1.03 bits per heavy atom. The van der Waals surface area contributed by atoms with E-state index >= 15 is 0 Å². The van der Waals surface area contributed by atoms with Gasteiger partial charge >= 0.3 is 5.97 Å². The minimum absolute atomic E-state index is 0.100. The highest BCUT2D eigenvalue weighted by molar-refractivity contribution is 6.00. The molecule has 35 heavy (non-hydrogen) atoms. The highest BCUT2D eigenvalue weighted by Crippen LogP contribution is 2.26. The number of hydrogen-bond acceptors (Lipinski definition) is 6. The topological polar surface area (TPSA) is 98.8 Å². The van der Waals surface area contributed by atoms with Crippen molar-refractivity contribution in [2.45, 2.75) is 40.0 Å². The number of carbonyl (C=O) groups excluding carboxylic acids is 3. The van der Waals surface area contributed by atoms with Crippen LogP contribution < -0.4 is 4.90 Å². The Kier molecular flexibility index (Phi) is 7.73. The number of ether oxygens (including phenoxy) is 1. The molecule has 2 aromatic heterocycles. The van der Waals surface area contributed by atoms with Gasteiger partial charge in [-0.1, -0.05) is 6.07 Å². The molecule has 4 heterocycles. The number of pyridine rings is 1. The maximum atomic E-state index is 13.1. The monoisotopic (exact) mass is 481 g/mol. The molecule has 0 atom stereocenters. The van der Waals surface area contributed by atoms with Crippen LogP contribution in [0.4, 0.5) is 5.82 Å². The van der Waals surface area contributed by atoms with Crippen LogP contribution in [-0.4, -0.2) is 83.4 Å². The molecule has 0 aliphatic carbocycles. The Balaban J connectivity index is 1.26. The minimum Gasteiger partial charge on any atom is -0.462 e. The Morgan fingerprint density at radius 3 is 2.37 bits per heavy atom. The molecule has 0 saturated carbocycles. The smallest absolute Gasteiger partial charge is 0.340 e. The number of rotatable bonds is 6. The highest BCUT2D eigenvalue weighted by atomic mass is 16.5. The number of piperidine rings is 1. The lowest BCUT2D eigenvalue weighted by Gasteiger charge is -2.37.